The van der Waals surface area contributed by atoms with Crippen LogP contribution in [0.15, 0.2) is 24.5 Å². The highest BCUT2D eigenvalue weighted by molar-refractivity contribution is 7.84. The van der Waals surface area contributed by atoms with E-state index in [9.17, 15) is 4.21 Å². The van der Waals surface area contributed by atoms with Crippen LogP contribution in [0.4, 0.5) is 5.82 Å². The molecular weight excluding hydrogens is 391 g/mol. The summed E-state index contributed by atoms with van der Waals surface area (Å²) in [5.41, 5.74) is 0. The largest absolute Gasteiger partial charge is 0.497 e. The third-order valence-electron chi connectivity index (χ3n) is 2.84. The minimum Gasteiger partial charge on any atom is -0.497 e. The van der Waals surface area contributed by atoms with E-state index in [2.05, 4.69) is 19.4 Å². The van der Waals surface area contributed by atoms with Gasteiger partial charge < -0.3 is 14.2 Å². The van der Waals surface area contributed by atoms with Crippen LogP contribution >= 0.6 is 23.2 Å². The van der Waals surface area contributed by atoms with Gasteiger partial charge in [0, 0.05) is 19.7 Å². The zero-order valence-electron chi connectivity index (χ0n) is 13.4. The minimum absolute atomic E-state index is 0.0327. The van der Waals surface area contributed by atoms with Crippen LogP contribution in [-0.4, -0.2) is 41.5 Å². The average Bonchev–Trinajstić information content (AvgIpc) is 2.59. The van der Waals surface area contributed by atoms with E-state index < -0.39 is 11.2 Å². The number of ether oxygens (including phenoxy) is 3. The Morgan fingerprint density at radius 1 is 1.24 bits per heavy atom. The lowest BCUT2D eigenvalue weighted by Gasteiger charge is -2.14. The second-order valence-corrected chi connectivity index (χ2v) is 6.29. The first kappa shape index (κ1) is 19.7. The Balaban J connectivity index is 2.22. The van der Waals surface area contributed by atoms with Gasteiger partial charge in [-0.3, -0.25) is 4.72 Å². The van der Waals surface area contributed by atoms with Crippen molar-refractivity contribution in [1.29, 1.82) is 0 Å². The monoisotopic (exact) mass is 406 g/mol. The van der Waals surface area contributed by atoms with Gasteiger partial charge in [0.05, 0.1) is 18.7 Å². The smallest absolute Gasteiger partial charge is 0.207 e. The highest BCUT2D eigenvalue weighted by Gasteiger charge is 2.16. The van der Waals surface area contributed by atoms with Crippen molar-refractivity contribution in [2.45, 2.75) is 0 Å². The van der Waals surface area contributed by atoms with E-state index in [4.69, 9.17) is 37.4 Å². The van der Waals surface area contributed by atoms with E-state index in [0.29, 0.717) is 29.7 Å². The van der Waals surface area contributed by atoms with Crippen molar-refractivity contribution in [2.75, 3.05) is 32.1 Å². The van der Waals surface area contributed by atoms with E-state index in [-0.39, 0.29) is 16.7 Å². The first-order chi connectivity index (χ1) is 12.0. The minimum atomic E-state index is -1.63. The average molecular weight is 407 g/mol. The second kappa shape index (κ2) is 9.73. The van der Waals surface area contributed by atoms with Gasteiger partial charge in [-0.2, -0.15) is 0 Å². The van der Waals surface area contributed by atoms with Gasteiger partial charge in [0.25, 0.3) is 0 Å². The molecule has 1 aromatic carbocycles. The van der Waals surface area contributed by atoms with Crippen molar-refractivity contribution in [2.24, 2.45) is 0 Å². The zero-order valence-corrected chi connectivity index (χ0v) is 15.7. The van der Waals surface area contributed by atoms with Crippen molar-refractivity contribution in [3.63, 3.8) is 0 Å². The summed E-state index contributed by atoms with van der Waals surface area (Å²) in [6, 6.07) is 4.89. The van der Waals surface area contributed by atoms with Gasteiger partial charge in [-0.05, 0) is 12.1 Å². The van der Waals surface area contributed by atoms with Gasteiger partial charge >= 0.3 is 0 Å². The van der Waals surface area contributed by atoms with Crippen molar-refractivity contribution < 1.29 is 18.4 Å². The SMILES string of the molecule is COCCNS(=O)Nc1ncnc(Cl)c1Oc1cc(OC)ccc1Cl. The maximum Gasteiger partial charge on any atom is 0.207 e. The van der Waals surface area contributed by atoms with E-state index in [1.165, 1.54) is 13.4 Å². The molecular formula is C14H16Cl2N4O4S. The summed E-state index contributed by atoms with van der Waals surface area (Å²) in [5.74, 6) is 1.06. The number of anilines is 1. The van der Waals surface area contributed by atoms with Gasteiger partial charge in [0.15, 0.2) is 22.1 Å². The summed E-state index contributed by atoms with van der Waals surface area (Å²) < 4.78 is 33.1. The quantitative estimate of drug-likeness (QED) is 0.491. The molecule has 1 unspecified atom stereocenters. The first-order valence-electron chi connectivity index (χ1n) is 6.98. The predicted molar refractivity (Wildman–Crippen MR) is 96.8 cm³/mol. The molecule has 0 aliphatic rings. The highest BCUT2D eigenvalue weighted by Crippen LogP contribution is 2.38. The van der Waals surface area contributed by atoms with Crippen LogP contribution in [0.5, 0.6) is 17.2 Å². The number of hydrogen-bond donors (Lipinski definition) is 2. The molecule has 1 atom stereocenters. The molecule has 0 amide bonds. The third kappa shape index (κ3) is 5.68. The first-order valence-corrected chi connectivity index (χ1v) is 8.88. The molecule has 0 saturated carbocycles. The van der Waals surface area contributed by atoms with Crippen LogP contribution in [0.1, 0.15) is 0 Å². The molecule has 1 heterocycles. The predicted octanol–water partition coefficient (Wildman–Crippen LogP) is 2.81. The van der Waals surface area contributed by atoms with Gasteiger partial charge in [-0.15, -0.1) is 0 Å². The maximum atomic E-state index is 12.0. The molecule has 0 saturated heterocycles. The Bertz CT molecular complexity index is 751. The van der Waals surface area contributed by atoms with Crippen LogP contribution in [-0.2, 0) is 15.9 Å². The zero-order chi connectivity index (χ0) is 18.2. The molecule has 8 nitrogen and oxygen atoms in total. The number of benzene rings is 1. The number of hydrogen-bond acceptors (Lipinski definition) is 6. The fraction of sp³-hybridized carbons (Fsp3) is 0.286. The number of rotatable bonds is 9. The summed E-state index contributed by atoms with van der Waals surface area (Å²) >= 11 is 10.6. The van der Waals surface area contributed by atoms with Gasteiger partial charge in [-0.1, -0.05) is 23.2 Å². The molecule has 25 heavy (non-hydrogen) atoms. The number of halogens is 2. The fourth-order valence-corrected chi connectivity index (χ4v) is 2.66. The Morgan fingerprint density at radius 3 is 2.76 bits per heavy atom. The van der Waals surface area contributed by atoms with Crippen LogP contribution in [0.2, 0.25) is 10.2 Å². The van der Waals surface area contributed by atoms with Crippen molar-refractivity contribution in [3.8, 4) is 17.2 Å². The normalized spacial score (nSPS) is 11.8. The third-order valence-corrected chi connectivity index (χ3v) is 4.27. The molecule has 1 aromatic heterocycles. The van der Waals surface area contributed by atoms with Crippen LogP contribution in [0, 0.1) is 0 Å². The van der Waals surface area contributed by atoms with Crippen molar-refractivity contribution in [1.82, 2.24) is 14.7 Å². The maximum absolute atomic E-state index is 12.0. The summed E-state index contributed by atoms with van der Waals surface area (Å²) in [5, 5.41) is 0.372. The lowest BCUT2D eigenvalue weighted by atomic mass is 10.3. The molecule has 0 aliphatic heterocycles. The van der Waals surface area contributed by atoms with Gasteiger partial charge in [0.1, 0.15) is 17.8 Å². The van der Waals surface area contributed by atoms with Crippen LogP contribution in [0.3, 0.4) is 0 Å². The van der Waals surface area contributed by atoms with Crippen LogP contribution < -0.4 is 18.9 Å². The summed E-state index contributed by atoms with van der Waals surface area (Å²) in [7, 11) is 3.07. The van der Waals surface area contributed by atoms with E-state index in [0.717, 1.165) is 0 Å². The Labute approximate surface area is 157 Å². The molecule has 0 fully saturated rings. The number of aromatic nitrogens is 2. The summed E-state index contributed by atoms with van der Waals surface area (Å²) in [6.45, 7) is 0.785. The topological polar surface area (TPSA) is 94.6 Å². The Morgan fingerprint density at radius 2 is 2.04 bits per heavy atom. The van der Waals surface area contributed by atoms with E-state index >= 15 is 0 Å². The molecule has 2 aromatic rings. The lowest BCUT2D eigenvalue weighted by molar-refractivity contribution is 0.205. The molecule has 2 N–H and O–H groups in total. The van der Waals surface area contributed by atoms with Crippen molar-refractivity contribution in [3.05, 3.63) is 34.7 Å². The van der Waals surface area contributed by atoms with Crippen LogP contribution in [0.25, 0.3) is 0 Å². The molecule has 0 spiro atoms. The molecule has 11 heteroatoms. The van der Waals surface area contributed by atoms with E-state index in [1.807, 2.05) is 0 Å². The molecule has 0 bridgehead atoms. The van der Waals surface area contributed by atoms with Gasteiger partial charge in [0.2, 0.25) is 5.75 Å². The number of nitrogens with one attached hydrogen (secondary N) is 2. The molecule has 136 valence electrons. The number of nitrogens with zero attached hydrogens (tertiary/aromatic N) is 2. The highest BCUT2D eigenvalue weighted by atomic mass is 35.5. The van der Waals surface area contributed by atoms with E-state index in [1.54, 1.807) is 25.3 Å². The Hall–Kier alpha value is -1.65. The molecule has 0 aliphatic carbocycles. The fourth-order valence-electron chi connectivity index (χ4n) is 1.67. The standard InChI is InChI=1S/C14H16Cl2N4O4S/c1-22-6-5-19-25(21)20-14-12(13(16)17-8-18-14)24-11-7-9(23-2)3-4-10(11)15/h3-4,7-8,19H,5-6H2,1-2H3,(H,17,18,20). The Kier molecular flexibility index (Phi) is 7.66. The summed E-state index contributed by atoms with van der Waals surface area (Å²) in [6.07, 6.45) is 1.22. The molecule has 2 rings (SSSR count). The number of methoxy groups -OCH3 is 2. The van der Waals surface area contributed by atoms with Crippen molar-refractivity contribution >= 4 is 40.2 Å². The molecule has 0 radical (unpaired) electrons. The second-order valence-electron chi connectivity index (χ2n) is 4.50. The van der Waals surface area contributed by atoms with Gasteiger partial charge in [-0.25, -0.2) is 18.9 Å². The summed E-state index contributed by atoms with van der Waals surface area (Å²) in [4.78, 5) is 7.87. The lowest BCUT2D eigenvalue weighted by Crippen LogP contribution is -2.27.